The van der Waals surface area contributed by atoms with Crippen molar-refractivity contribution in [3.05, 3.63) is 22.4 Å². The van der Waals surface area contributed by atoms with Gasteiger partial charge in [-0.3, -0.25) is 19.8 Å². The molecule has 0 radical (unpaired) electrons. The molecule has 3 N–H and O–H groups in total. The van der Waals surface area contributed by atoms with Gasteiger partial charge in [0.2, 0.25) is 5.91 Å². The largest absolute Gasteiger partial charge is 0.333 e. The van der Waals surface area contributed by atoms with Crippen LogP contribution < -0.4 is 16.0 Å². The molecule has 9 heteroatoms. The molecule has 6 amide bonds. The maximum absolute atomic E-state index is 12.8. The van der Waals surface area contributed by atoms with Crippen molar-refractivity contribution in [2.24, 2.45) is 5.92 Å². The molecular weight excluding hydrogens is 368 g/mol. The predicted octanol–water partition coefficient (Wildman–Crippen LogP) is 1.96. The first-order valence-electron chi connectivity index (χ1n) is 9.17. The van der Waals surface area contributed by atoms with Gasteiger partial charge in [0.25, 0.3) is 5.91 Å². The van der Waals surface area contributed by atoms with E-state index in [1.165, 1.54) is 11.3 Å². The minimum Gasteiger partial charge on any atom is -0.333 e. The van der Waals surface area contributed by atoms with E-state index in [9.17, 15) is 19.2 Å². The molecular formula is C18H24N4O4S. The van der Waals surface area contributed by atoms with Crippen LogP contribution in [0.25, 0.3) is 0 Å². The zero-order chi connectivity index (χ0) is 19.4. The molecule has 1 saturated carbocycles. The van der Waals surface area contributed by atoms with Gasteiger partial charge < -0.3 is 10.6 Å². The van der Waals surface area contributed by atoms with Crippen LogP contribution in [0.15, 0.2) is 17.5 Å². The summed E-state index contributed by atoms with van der Waals surface area (Å²) < 4.78 is 0. The Hall–Kier alpha value is -2.42. The summed E-state index contributed by atoms with van der Waals surface area (Å²) in [5, 5.41) is 9.39. The van der Waals surface area contributed by atoms with Gasteiger partial charge in [-0.15, -0.1) is 11.3 Å². The van der Waals surface area contributed by atoms with Gasteiger partial charge >= 0.3 is 12.1 Å². The van der Waals surface area contributed by atoms with E-state index in [1.807, 2.05) is 17.5 Å². The third-order valence-corrected chi connectivity index (χ3v) is 6.22. The van der Waals surface area contributed by atoms with Crippen LogP contribution in [0.1, 0.15) is 43.9 Å². The van der Waals surface area contributed by atoms with Crippen molar-refractivity contribution >= 4 is 35.2 Å². The third-order valence-electron chi connectivity index (χ3n) is 5.34. The Kier molecular flexibility index (Phi) is 5.79. The Balaban J connectivity index is 1.51. The lowest BCUT2D eigenvalue weighted by molar-refractivity contribution is -0.135. The minimum atomic E-state index is -0.884. The number of urea groups is 2. The van der Waals surface area contributed by atoms with Crippen LogP contribution in [0.4, 0.5) is 9.59 Å². The number of amides is 6. The molecule has 1 spiro atoms. The lowest BCUT2D eigenvalue weighted by Crippen LogP contribution is -2.50. The highest BCUT2D eigenvalue weighted by molar-refractivity contribution is 7.09. The predicted molar refractivity (Wildman–Crippen MR) is 99.9 cm³/mol. The van der Waals surface area contributed by atoms with Gasteiger partial charge in [0.1, 0.15) is 12.1 Å². The molecule has 1 aliphatic heterocycles. The fourth-order valence-corrected chi connectivity index (χ4v) is 4.32. The van der Waals surface area contributed by atoms with Crippen LogP contribution in [0.5, 0.6) is 0 Å². The van der Waals surface area contributed by atoms with Crippen LogP contribution >= 0.6 is 11.3 Å². The van der Waals surface area contributed by atoms with E-state index in [4.69, 9.17) is 0 Å². The highest BCUT2D eigenvalue weighted by Gasteiger charge is 2.52. The number of carbonyl (C=O) groups excluding carboxylic acids is 4. The molecule has 146 valence electrons. The number of imide groups is 2. The zero-order valence-corrected chi connectivity index (χ0v) is 16.1. The quantitative estimate of drug-likeness (QED) is 0.666. The maximum atomic E-state index is 12.8. The molecule has 27 heavy (non-hydrogen) atoms. The smallest absolute Gasteiger partial charge is 0.325 e. The third kappa shape index (κ3) is 4.29. The van der Waals surface area contributed by atoms with Gasteiger partial charge in [0, 0.05) is 4.88 Å². The molecule has 1 saturated heterocycles. The molecule has 1 aromatic rings. The number of rotatable bonds is 5. The van der Waals surface area contributed by atoms with Crippen LogP contribution in [0.3, 0.4) is 0 Å². The van der Waals surface area contributed by atoms with E-state index < -0.39 is 30.1 Å². The van der Waals surface area contributed by atoms with Crippen molar-refractivity contribution in [1.82, 2.24) is 20.9 Å². The molecule has 0 unspecified atom stereocenters. The van der Waals surface area contributed by atoms with Crippen LogP contribution in [-0.2, 0) is 16.1 Å². The van der Waals surface area contributed by atoms with E-state index in [0.717, 1.165) is 29.0 Å². The highest BCUT2D eigenvalue weighted by Crippen LogP contribution is 2.37. The summed E-state index contributed by atoms with van der Waals surface area (Å²) in [6.45, 7) is 1.97. The van der Waals surface area contributed by atoms with Crippen molar-refractivity contribution in [3.8, 4) is 0 Å². The van der Waals surface area contributed by atoms with Crippen molar-refractivity contribution < 1.29 is 19.2 Å². The monoisotopic (exact) mass is 392 g/mol. The fraction of sp³-hybridized carbons (Fsp3) is 0.556. The van der Waals surface area contributed by atoms with E-state index >= 15 is 0 Å². The number of hydrogen-bond acceptors (Lipinski definition) is 5. The minimum absolute atomic E-state index is 0.307. The number of nitrogens with zero attached hydrogens (tertiary/aromatic N) is 1. The van der Waals surface area contributed by atoms with Gasteiger partial charge in [0.05, 0.1) is 6.54 Å². The SMILES string of the molecule is CCC1CCC2(CC1)NC(=O)N(CC(=O)NC(=O)NCc1cccs1)C2=O. The Morgan fingerprint density at radius 3 is 2.70 bits per heavy atom. The first-order valence-corrected chi connectivity index (χ1v) is 10.1. The first kappa shape index (κ1) is 19.3. The Bertz CT molecular complexity index is 726. The number of nitrogens with one attached hydrogen (secondary N) is 3. The molecule has 2 heterocycles. The average Bonchev–Trinajstić information content (AvgIpc) is 3.24. The van der Waals surface area contributed by atoms with Gasteiger partial charge in [0.15, 0.2) is 0 Å². The van der Waals surface area contributed by atoms with Crippen LogP contribution in [-0.4, -0.2) is 40.9 Å². The second-order valence-electron chi connectivity index (χ2n) is 7.07. The molecule has 1 aliphatic carbocycles. The number of hydrogen-bond donors (Lipinski definition) is 3. The first-order chi connectivity index (χ1) is 12.9. The molecule has 2 fully saturated rings. The molecule has 0 bridgehead atoms. The fourth-order valence-electron chi connectivity index (χ4n) is 3.67. The zero-order valence-electron chi connectivity index (χ0n) is 15.2. The topological polar surface area (TPSA) is 108 Å². The van der Waals surface area contributed by atoms with Crippen molar-refractivity contribution in [3.63, 3.8) is 0 Å². The van der Waals surface area contributed by atoms with Gasteiger partial charge in [-0.25, -0.2) is 9.59 Å². The Morgan fingerprint density at radius 2 is 2.07 bits per heavy atom. The lowest BCUT2D eigenvalue weighted by Gasteiger charge is -2.34. The molecule has 2 aliphatic rings. The second kappa shape index (κ2) is 8.08. The van der Waals surface area contributed by atoms with E-state index in [-0.39, 0.29) is 5.91 Å². The van der Waals surface area contributed by atoms with Crippen molar-refractivity contribution in [2.75, 3.05) is 6.54 Å². The second-order valence-corrected chi connectivity index (χ2v) is 8.10. The standard InChI is InChI=1S/C18H24N4O4S/c1-2-12-5-7-18(8-6-12)15(24)22(17(26)21-18)11-14(23)20-16(25)19-10-13-4-3-9-27-13/h3-4,9,12H,2,5-8,10-11H2,1H3,(H,21,26)(H2,19,20,23,25). The Morgan fingerprint density at radius 1 is 1.33 bits per heavy atom. The summed E-state index contributed by atoms with van der Waals surface area (Å²) in [4.78, 5) is 50.7. The summed E-state index contributed by atoms with van der Waals surface area (Å²) in [6, 6.07) is 2.52. The maximum Gasteiger partial charge on any atom is 0.325 e. The molecule has 0 atom stereocenters. The van der Waals surface area contributed by atoms with E-state index in [0.29, 0.717) is 25.3 Å². The lowest BCUT2D eigenvalue weighted by atomic mass is 9.75. The van der Waals surface area contributed by atoms with E-state index in [2.05, 4.69) is 22.9 Å². The number of carbonyl (C=O) groups is 4. The highest BCUT2D eigenvalue weighted by atomic mass is 32.1. The summed E-state index contributed by atoms with van der Waals surface area (Å²) in [6.07, 6.45) is 4.01. The molecule has 1 aromatic heterocycles. The van der Waals surface area contributed by atoms with Gasteiger partial charge in [-0.1, -0.05) is 19.4 Å². The van der Waals surface area contributed by atoms with Crippen molar-refractivity contribution in [2.45, 2.75) is 51.1 Å². The normalized spacial score (nSPS) is 24.8. The van der Waals surface area contributed by atoms with E-state index in [1.54, 1.807) is 0 Å². The summed E-state index contributed by atoms with van der Waals surface area (Å²) in [5.41, 5.74) is -0.884. The summed E-state index contributed by atoms with van der Waals surface area (Å²) in [5.74, 6) is -0.484. The molecule has 8 nitrogen and oxygen atoms in total. The van der Waals surface area contributed by atoms with Crippen LogP contribution in [0.2, 0.25) is 0 Å². The Labute approximate surface area is 161 Å². The van der Waals surface area contributed by atoms with Gasteiger partial charge in [-0.2, -0.15) is 0 Å². The molecule has 0 aromatic carbocycles. The average molecular weight is 392 g/mol. The van der Waals surface area contributed by atoms with Crippen LogP contribution in [0, 0.1) is 5.92 Å². The number of thiophene rings is 1. The van der Waals surface area contributed by atoms with Gasteiger partial charge in [-0.05, 0) is 43.0 Å². The van der Waals surface area contributed by atoms with Crippen molar-refractivity contribution in [1.29, 1.82) is 0 Å². The summed E-state index contributed by atoms with van der Waals surface area (Å²) >= 11 is 1.49. The molecule has 3 rings (SSSR count). The summed E-state index contributed by atoms with van der Waals surface area (Å²) in [7, 11) is 0.